The number of carbonyl (C=O) groups excluding carboxylic acids is 3. The first-order valence-electron chi connectivity index (χ1n) is 10.3. The lowest BCUT2D eigenvalue weighted by molar-refractivity contribution is -0.140. The Morgan fingerprint density at radius 1 is 1.06 bits per heavy atom. The molecule has 0 spiro atoms. The van der Waals surface area contributed by atoms with Gasteiger partial charge in [0.15, 0.2) is 0 Å². The third-order valence-electron chi connectivity index (χ3n) is 5.11. The quantitative estimate of drug-likeness (QED) is 0.548. The predicted molar refractivity (Wildman–Crippen MR) is 115 cm³/mol. The van der Waals surface area contributed by atoms with Crippen LogP contribution in [0.4, 0.5) is 0 Å². The Morgan fingerprint density at radius 3 is 2.13 bits per heavy atom. The summed E-state index contributed by atoms with van der Waals surface area (Å²) in [6, 6.07) is 5.83. The third kappa shape index (κ3) is 6.51. The lowest BCUT2D eigenvalue weighted by Crippen LogP contribution is -2.49. The molecule has 0 saturated carbocycles. The minimum Gasteiger partial charge on any atom is -0.469 e. The van der Waals surface area contributed by atoms with Gasteiger partial charge in [-0.15, -0.1) is 0 Å². The van der Waals surface area contributed by atoms with Gasteiger partial charge in [-0.1, -0.05) is 13.8 Å². The second-order valence-electron chi connectivity index (χ2n) is 7.91. The van der Waals surface area contributed by atoms with Crippen LogP contribution in [0.2, 0.25) is 0 Å². The molecule has 0 bridgehead atoms. The molecule has 1 heterocycles. The van der Waals surface area contributed by atoms with Crippen molar-refractivity contribution < 1.29 is 27.5 Å². The Labute approximate surface area is 184 Å². The van der Waals surface area contributed by atoms with Gasteiger partial charge in [-0.3, -0.25) is 14.4 Å². The van der Waals surface area contributed by atoms with E-state index < -0.39 is 16.0 Å². The number of methoxy groups -OCH3 is 1. The van der Waals surface area contributed by atoms with Crippen molar-refractivity contribution in [1.82, 2.24) is 14.1 Å². The summed E-state index contributed by atoms with van der Waals surface area (Å²) in [5, 5.41) is 0. The molecule has 9 nitrogen and oxygen atoms in total. The van der Waals surface area contributed by atoms with Gasteiger partial charge in [-0.05, 0) is 30.2 Å². The molecule has 2 rings (SSSR count). The molecule has 172 valence electrons. The molecule has 0 aromatic heterocycles. The largest absolute Gasteiger partial charge is 0.469 e. The fourth-order valence-electron chi connectivity index (χ4n) is 3.39. The zero-order chi connectivity index (χ0) is 23.2. The van der Waals surface area contributed by atoms with Gasteiger partial charge in [0, 0.05) is 51.8 Å². The summed E-state index contributed by atoms with van der Waals surface area (Å²) in [5.41, 5.74) is 0.353. The molecule has 1 fully saturated rings. The third-order valence-corrected chi connectivity index (χ3v) is 7.02. The van der Waals surface area contributed by atoms with E-state index in [1.165, 1.54) is 42.6 Å². The highest BCUT2D eigenvalue weighted by Crippen LogP contribution is 2.19. The van der Waals surface area contributed by atoms with Gasteiger partial charge in [0.2, 0.25) is 15.9 Å². The van der Waals surface area contributed by atoms with E-state index in [1.54, 1.807) is 9.80 Å². The lowest BCUT2D eigenvalue weighted by Gasteiger charge is -2.33. The number of sulfonamides is 1. The number of nitrogens with zero attached hydrogens (tertiary/aromatic N) is 3. The topological polar surface area (TPSA) is 104 Å². The number of esters is 1. The Kier molecular flexibility index (Phi) is 8.58. The maximum absolute atomic E-state index is 12.9. The van der Waals surface area contributed by atoms with Crippen LogP contribution in [0.25, 0.3) is 0 Å². The summed E-state index contributed by atoms with van der Waals surface area (Å²) in [4.78, 5) is 39.1. The monoisotopic (exact) mass is 453 g/mol. The second kappa shape index (κ2) is 10.7. The number of hydrogen-bond acceptors (Lipinski definition) is 6. The molecule has 0 atom stereocenters. The van der Waals surface area contributed by atoms with Crippen LogP contribution in [-0.4, -0.2) is 86.7 Å². The summed E-state index contributed by atoms with van der Waals surface area (Å²) in [6.07, 6.45) is 0.0909. The van der Waals surface area contributed by atoms with Gasteiger partial charge in [-0.25, -0.2) is 8.42 Å². The van der Waals surface area contributed by atoms with E-state index in [9.17, 15) is 22.8 Å². The summed E-state index contributed by atoms with van der Waals surface area (Å²) in [7, 11) is -2.41. The fraction of sp³-hybridized carbons (Fsp3) is 0.571. The highest BCUT2D eigenvalue weighted by molar-refractivity contribution is 7.89. The van der Waals surface area contributed by atoms with Gasteiger partial charge in [-0.2, -0.15) is 4.31 Å². The zero-order valence-electron chi connectivity index (χ0n) is 18.5. The minimum absolute atomic E-state index is 0.0712. The standard InChI is InChI=1S/C21H31N3O6S/c1-16(2)15-23(10-9-20(26)30-4)21(27)18-5-7-19(8-6-18)31(28,29)24-13-11-22(12-14-24)17(3)25/h5-8,16H,9-15H2,1-4H3. The molecule has 1 aromatic carbocycles. The number of benzene rings is 1. The van der Waals surface area contributed by atoms with E-state index in [4.69, 9.17) is 0 Å². The molecule has 1 saturated heterocycles. The normalized spacial score (nSPS) is 15.1. The van der Waals surface area contributed by atoms with Crippen LogP contribution in [0.3, 0.4) is 0 Å². The molecule has 0 N–H and O–H groups in total. The molecule has 0 unspecified atom stereocenters. The van der Waals surface area contributed by atoms with Crippen LogP contribution >= 0.6 is 0 Å². The highest BCUT2D eigenvalue weighted by atomic mass is 32.2. The van der Waals surface area contributed by atoms with Crippen molar-refractivity contribution in [3.05, 3.63) is 29.8 Å². The van der Waals surface area contributed by atoms with Crippen molar-refractivity contribution in [2.75, 3.05) is 46.4 Å². The van der Waals surface area contributed by atoms with Crippen molar-refractivity contribution in [3.8, 4) is 0 Å². The van der Waals surface area contributed by atoms with Gasteiger partial charge >= 0.3 is 5.97 Å². The maximum Gasteiger partial charge on any atom is 0.307 e. The van der Waals surface area contributed by atoms with Gasteiger partial charge in [0.05, 0.1) is 18.4 Å². The first kappa shape index (κ1) is 24.8. The SMILES string of the molecule is COC(=O)CCN(CC(C)C)C(=O)c1ccc(S(=O)(=O)N2CCN(C(C)=O)CC2)cc1. The van der Waals surface area contributed by atoms with E-state index in [2.05, 4.69) is 4.74 Å². The number of carbonyl (C=O) groups is 3. The molecule has 0 radical (unpaired) electrons. The zero-order valence-corrected chi connectivity index (χ0v) is 19.4. The molecule has 1 aromatic rings. The molecule has 1 aliphatic heterocycles. The number of ether oxygens (including phenoxy) is 1. The summed E-state index contributed by atoms with van der Waals surface area (Å²) in [5.74, 6) is -0.530. The molecule has 0 aliphatic carbocycles. The van der Waals surface area contributed by atoms with Crippen molar-refractivity contribution >= 4 is 27.8 Å². The van der Waals surface area contributed by atoms with E-state index in [0.29, 0.717) is 25.2 Å². The number of piperazine rings is 1. The number of rotatable bonds is 8. The molecule has 2 amide bonds. The average molecular weight is 454 g/mol. The Bertz CT molecular complexity index is 890. The van der Waals surface area contributed by atoms with Crippen LogP contribution in [0, 0.1) is 5.92 Å². The smallest absolute Gasteiger partial charge is 0.307 e. The first-order valence-corrected chi connectivity index (χ1v) is 11.7. The number of amides is 2. The predicted octanol–water partition coefficient (Wildman–Crippen LogP) is 1.20. The minimum atomic E-state index is -3.71. The lowest BCUT2D eigenvalue weighted by atomic mass is 10.1. The summed E-state index contributed by atoms with van der Waals surface area (Å²) in [6.45, 7) is 7.29. The Balaban J connectivity index is 2.12. The molecule has 31 heavy (non-hydrogen) atoms. The number of hydrogen-bond donors (Lipinski definition) is 0. The van der Waals surface area contributed by atoms with Gasteiger partial charge < -0.3 is 14.5 Å². The first-order chi connectivity index (χ1) is 14.6. The van der Waals surface area contributed by atoms with Crippen molar-refractivity contribution in [2.45, 2.75) is 32.1 Å². The maximum atomic E-state index is 12.9. The van der Waals surface area contributed by atoms with Crippen LogP contribution in [-0.2, 0) is 24.3 Å². The Morgan fingerprint density at radius 2 is 1.65 bits per heavy atom. The van der Waals surface area contributed by atoms with Crippen LogP contribution in [0.1, 0.15) is 37.6 Å². The van der Waals surface area contributed by atoms with Gasteiger partial charge in [0.1, 0.15) is 0 Å². The summed E-state index contributed by atoms with van der Waals surface area (Å²) < 4.78 is 31.8. The highest BCUT2D eigenvalue weighted by Gasteiger charge is 2.29. The van der Waals surface area contributed by atoms with Gasteiger partial charge in [0.25, 0.3) is 5.91 Å². The van der Waals surface area contributed by atoms with Crippen molar-refractivity contribution in [2.24, 2.45) is 5.92 Å². The van der Waals surface area contributed by atoms with Crippen LogP contribution < -0.4 is 0 Å². The molecule has 1 aliphatic rings. The Hall–Kier alpha value is -2.46. The van der Waals surface area contributed by atoms with Crippen molar-refractivity contribution in [3.63, 3.8) is 0 Å². The fourth-order valence-corrected chi connectivity index (χ4v) is 4.81. The van der Waals surface area contributed by atoms with E-state index in [-0.39, 0.29) is 48.7 Å². The van der Waals surface area contributed by atoms with Crippen molar-refractivity contribution in [1.29, 1.82) is 0 Å². The molecular formula is C21H31N3O6S. The average Bonchev–Trinajstić information content (AvgIpc) is 2.75. The van der Waals surface area contributed by atoms with E-state index in [0.717, 1.165) is 0 Å². The second-order valence-corrected chi connectivity index (χ2v) is 9.84. The molecular weight excluding hydrogens is 422 g/mol. The summed E-state index contributed by atoms with van der Waals surface area (Å²) >= 11 is 0. The van der Waals surface area contributed by atoms with Crippen LogP contribution in [0.15, 0.2) is 29.2 Å². The van der Waals surface area contributed by atoms with E-state index >= 15 is 0 Å². The van der Waals surface area contributed by atoms with E-state index in [1.807, 2.05) is 13.8 Å². The molecule has 10 heteroatoms. The van der Waals surface area contributed by atoms with Crippen LogP contribution in [0.5, 0.6) is 0 Å².